The zero-order valence-electron chi connectivity index (χ0n) is 14.1. The second kappa shape index (κ2) is 6.35. The number of nitrogens with two attached hydrogens (primary N) is 1. The molecule has 0 spiro atoms. The Morgan fingerprint density at radius 2 is 1.88 bits per heavy atom. The van der Waals surface area contributed by atoms with E-state index in [1.165, 1.54) is 3.97 Å². The van der Waals surface area contributed by atoms with Gasteiger partial charge in [0, 0.05) is 39.6 Å². The van der Waals surface area contributed by atoms with Crippen molar-refractivity contribution in [3.63, 3.8) is 0 Å². The summed E-state index contributed by atoms with van der Waals surface area (Å²) < 4.78 is 27.1. The maximum Gasteiger partial charge on any atom is 0.269 e. The van der Waals surface area contributed by atoms with Crippen molar-refractivity contribution in [2.24, 2.45) is 5.73 Å². The molecule has 0 aliphatic rings. The van der Waals surface area contributed by atoms with Crippen molar-refractivity contribution in [1.82, 2.24) is 8.96 Å². The predicted octanol–water partition coefficient (Wildman–Crippen LogP) is 3.77. The monoisotopic (exact) mass is 383 g/mol. The molecule has 0 fully saturated rings. The minimum absolute atomic E-state index is 0.248. The van der Waals surface area contributed by atoms with Crippen LogP contribution >= 0.6 is 11.3 Å². The van der Waals surface area contributed by atoms with Gasteiger partial charge in [0.25, 0.3) is 10.0 Å². The highest BCUT2D eigenvalue weighted by molar-refractivity contribution is 7.90. The van der Waals surface area contributed by atoms with E-state index in [1.807, 2.05) is 25.1 Å². The average Bonchev–Trinajstić information content (AvgIpc) is 3.28. The van der Waals surface area contributed by atoms with Crippen LogP contribution in [0, 0.1) is 6.92 Å². The largest absolute Gasteiger partial charge is 0.326 e. The van der Waals surface area contributed by atoms with E-state index in [9.17, 15) is 8.42 Å². The molecular weight excluding hydrogens is 366 g/mol. The Balaban J connectivity index is 1.79. The molecule has 4 aromatic rings. The number of hydrogen-bond acceptors (Lipinski definition) is 5. The summed E-state index contributed by atoms with van der Waals surface area (Å²) in [5.74, 6) is 0. The molecule has 1 aromatic carbocycles. The minimum Gasteiger partial charge on any atom is -0.326 e. The van der Waals surface area contributed by atoms with Crippen LogP contribution in [0.15, 0.2) is 65.8 Å². The molecule has 2 N–H and O–H groups in total. The highest BCUT2D eigenvalue weighted by atomic mass is 32.2. The van der Waals surface area contributed by atoms with Crippen molar-refractivity contribution in [3.05, 3.63) is 71.4 Å². The van der Waals surface area contributed by atoms with Gasteiger partial charge < -0.3 is 5.73 Å². The molecule has 0 radical (unpaired) electrons. The predicted molar refractivity (Wildman–Crippen MR) is 105 cm³/mol. The van der Waals surface area contributed by atoms with E-state index in [1.54, 1.807) is 54.1 Å². The van der Waals surface area contributed by atoms with Crippen LogP contribution in [-0.2, 0) is 16.6 Å². The Bertz CT molecular complexity index is 1190. The van der Waals surface area contributed by atoms with Gasteiger partial charge in [-0.2, -0.15) is 0 Å². The lowest BCUT2D eigenvalue weighted by Gasteiger charge is -2.07. The van der Waals surface area contributed by atoms with Crippen LogP contribution in [0.25, 0.3) is 21.5 Å². The van der Waals surface area contributed by atoms with Gasteiger partial charge >= 0.3 is 0 Å². The van der Waals surface area contributed by atoms with Gasteiger partial charge in [-0.25, -0.2) is 17.4 Å². The molecule has 0 atom stereocenters. The molecule has 0 bridgehead atoms. The number of hydrogen-bond donors (Lipinski definition) is 1. The lowest BCUT2D eigenvalue weighted by molar-refractivity contribution is 0.588. The SMILES string of the molecule is Cc1ccc(S(=O)(=O)n2ccc3cc(-c4ccc(CN)s4)cnc32)cc1. The molecule has 0 unspecified atom stereocenters. The molecule has 0 saturated carbocycles. The molecule has 3 aromatic heterocycles. The van der Waals surface area contributed by atoms with E-state index in [-0.39, 0.29) is 4.90 Å². The van der Waals surface area contributed by atoms with Gasteiger partial charge in [-0.3, -0.25) is 0 Å². The van der Waals surface area contributed by atoms with Gasteiger partial charge in [0.1, 0.15) is 0 Å². The number of benzene rings is 1. The summed E-state index contributed by atoms with van der Waals surface area (Å²) in [5, 5.41) is 0.779. The zero-order valence-corrected chi connectivity index (χ0v) is 15.7. The van der Waals surface area contributed by atoms with Crippen molar-refractivity contribution in [1.29, 1.82) is 0 Å². The third-order valence-electron chi connectivity index (χ3n) is 4.22. The second-order valence-corrected chi connectivity index (χ2v) is 9.02. The molecule has 7 heteroatoms. The Morgan fingerprint density at radius 3 is 2.58 bits per heavy atom. The average molecular weight is 383 g/mol. The molecule has 3 heterocycles. The Hall–Kier alpha value is -2.48. The molecule has 0 aliphatic carbocycles. The number of aryl methyl sites for hydroxylation is 1. The van der Waals surface area contributed by atoms with Crippen LogP contribution in [-0.4, -0.2) is 17.4 Å². The van der Waals surface area contributed by atoms with Gasteiger partial charge in [-0.05, 0) is 43.3 Å². The first-order valence-corrected chi connectivity index (χ1v) is 10.3. The van der Waals surface area contributed by atoms with E-state index in [0.29, 0.717) is 12.2 Å². The fraction of sp³-hybridized carbons (Fsp3) is 0.105. The van der Waals surface area contributed by atoms with Gasteiger partial charge in [0.05, 0.1) is 4.90 Å². The molecule has 26 heavy (non-hydrogen) atoms. The number of nitrogens with zero attached hydrogens (tertiary/aromatic N) is 2. The molecular formula is C19H17N3O2S2. The van der Waals surface area contributed by atoms with E-state index >= 15 is 0 Å². The molecule has 0 amide bonds. The molecule has 132 valence electrons. The Morgan fingerprint density at radius 1 is 1.12 bits per heavy atom. The van der Waals surface area contributed by atoms with E-state index in [2.05, 4.69) is 4.98 Å². The molecule has 0 aliphatic heterocycles. The zero-order chi connectivity index (χ0) is 18.3. The summed E-state index contributed by atoms with van der Waals surface area (Å²) >= 11 is 1.62. The highest BCUT2D eigenvalue weighted by Gasteiger charge is 2.19. The van der Waals surface area contributed by atoms with Crippen molar-refractivity contribution < 1.29 is 8.42 Å². The maximum absolute atomic E-state index is 12.9. The highest BCUT2D eigenvalue weighted by Crippen LogP contribution is 2.30. The summed E-state index contributed by atoms with van der Waals surface area (Å²) in [7, 11) is -3.68. The molecule has 0 saturated heterocycles. The summed E-state index contributed by atoms with van der Waals surface area (Å²) in [6.07, 6.45) is 3.26. The minimum atomic E-state index is -3.68. The van der Waals surface area contributed by atoms with E-state index < -0.39 is 10.0 Å². The summed E-state index contributed by atoms with van der Waals surface area (Å²) in [5.41, 5.74) is 8.06. The number of thiophene rings is 1. The smallest absolute Gasteiger partial charge is 0.269 e. The Kier molecular flexibility index (Phi) is 4.14. The summed E-state index contributed by atoms with van der Waals surface area (Å²) in [4.78, 5) is 6.83. The lowest BCUT2D eigenvalue weighted by Crippen LogP contribution is -2.12. The fourth-order valence-corrected chi connectivity index (χ4v) is 4.97. The van der Waals surface area contributed by atoms with Gasteiger partial charge in [-0.15, -0.1) is 11.3 Å². The van der Waals surface area contributed by atoms with Crippen LogP contribution in [0.1, 0.15) is 10.4 Å². The number of pyridine rings is 1. The third-order valence-corrected chi connectivity index (χ3v) is 7.06. The first-order valence-electron chi connectivity index (χ1n) is 8.07. The first-order chi connectivity index (χ1) is 12.5. The van der Waals surface area contributed by atoms with Crippen molar-refractivity contribution in [2.45, 2.75) is 18.4 Å². The number of fused-ring (bicyclic) bond motifs is 1. The summed E-state index contributed by atoms with van der Waals surface area (Å²) in [6.45, 7) is 2.43. The van der Waals surface area contributed by atoms with Crippen LogP contribution in [0.2, 0.25) is 0 Å². The third kappa shape index (κ3) is 2.84. The van der Waals surface area contributed by atoms with Gasteiger partial charge in [0.15, 0.2) is 5.65 Å². The van der Waals surface area contributed by atoms with Crippen LogP contribution in [0.5, 0.6) is 0 Å². The summed E-state index contributed by atoms with van der Waals surface area (Å²) in [6, 6.07) is 14.5. The van der Waals surface area contributed by atoms with Gasteiger partial charge in [0.2, 0.25) is 0 Å². The standard InChI is InChI=1S/C19H17N3O2S2/c1-13-2-5-17(6-3-13)26(23,24)22-9-8-14-10-15(12-21-19(14)22)18-7-4-16(11-20)25-18/h2-10,12H,11,20H2,1H3. The maximum atomic E-state index is 12.9. The fourth-order valence-electron chi connectivity index (χ4n) is 2.80. The van der Waals surface area contributed by atoms with Crippen molar-refractivity contribution in [2.75, 3.05) is 0 Å². The number of rotatable bonds is 4. The van der Waals surface area contributed by atoms with Crippen molar-refractivity contribution in [3.8, 4) is 10.4 Å². The van der Waals surface area contributed by atoms with E-state index in [0.717, 1.165) is 26.3 Å². The molecule has 4 rings (SSSR count). The van der Waals surface area contributed by atoms with Crippen molar-refractivity contribution >= 4 is 32.4 Å². The van der Waals surface area contributed by atoms with Gasteiger partial charge in [-0.1, -0.05) is 17.7 Å². The molecule has 5 nitrogen and oxygen atoms in total. The second-order valence-electron chi connectivity index (χ2n) is 6.04. The topological polar surface area (TPSA) is 78.0 Å². The van der Waals surface area contributed by atoms with Crippen LogP contribution in [0.3, 0.4) is 0 Å². The number of aromatic nitrogens is 2. The van der Waals surface area contributed by atoms with E-state index in [4.69, 9.17) is 5.73 Å². The lowest BCUT2D eigenvalue weighted by atomic mass is 10.2. The van der Waals surface area contributed by atoms with Crippen LogP contribution < -0.4 is 5.73 Å². The Labute approximate surface area is 155 Å². The van der Waals surface area contributed by atoms with Crippen LogP contribution in [0.4, 0.5) is 0 Å². The first kappa shape index (κ1) is 17.0. The normalized spacial score (nSPS) is 11.9. The quantitative estimate of drug-likeness (QED) is 0.582.